The van der Waals surface area contributed by atoms with E-state index < -0.39 is 5.60 Å². The van der Waals surface area contributed by atoms with Crippen LogP contribution in [0.25, 0.3) is 10.9 Å². The Morgan fingerprint density at radius 2 is 1.67 bits per heavy atom. The van der Waals surface area contributed by atoms with Gasteiger partial charge in [-0.3, -0.25) is 0 Å². The summed E-state index contributed by atoms with van der Waals surface area (Å²) < 4.78 is 17.9. The Kier molecular flexibility index (Phi) is 10.1. The first-order valence-electron chi connectivity index (χ1n) is 13.9. The van der Waals surface area contributed by atoms with Crippen molar-refractivity contribution in [2.24, 2.45) is 5.92 Å². The van der Waals surface area contributed by atoms with Crippen LogP contribution in [0.15, 0.2) is 40.9 Å². The van der Waals surface area contributed by atoms with E-state index in [9.17, 15) is 5.11 Å². The average molecular weight is 601 g/mol. The van der Waals surface area contributed by atoms with E-state index >= 15 is 0 Å². The molecule has 0 saturated heterocycles. The highest BCUT2D eigenvalue weighted by Gasteiger charge is 2.42. The molecule has 1 saturated carbocycles. The SMILES string of the molecule is COc1cc(C(O)(CCN(C)C)C(CCC2CCCCC2)c2cc3cc(Br)ccc3nc2OC)cc(OC)n1. The van der Waals surface area contributed by atoms with Gasteiger partial charge in [0.1, 0.15) is 0 Å². The van der Waals surface area contributed by atoms with E-state index in [0.717, 1.165) is 39.3 Å². The molecule has 2 heterocycles. The van der Waals surface area contributed by atoms with Gasteiger partial charge in [-0.05, 0) is 69.1 Å². The molecule has 7 nitrogen and oxygen atoms in total. The molecule has 1 aromatic carbocycles. The molecule has 1 aliphatic rings. The molecule has 2 atom stereocenters. The predicted molar refractivity (Wildman–Crippen MR) is 159 cm³/mol. The summed E-state index contributed by atoms with van der Waals surface area (Å²) in [7, 11) is 8.88. The van der Waals surface area contributed by atoms with Crippen LogP contribution in [0.3, 0.4) is 0 Å². The lowest BCUT2D eigenvalue weighted by Crippen LogP contribution is -2.37. The molecule has 39 heavy (non-hydrogen) atoms. The zero-order valence-electron chi connectivity index (χ0n) is 23.9. The van der Waals surface area contributed by atoms with Crippen molar-refractivity contribution in [3.05, 3.63) is 52.0 Å². The summed E-state index contributed by atoms with van der Waals surface area (Å²) in [5.41, 5.74) is 1.23. The number of ether oxygens (including phenoxy) is 3. The number of benzene rings is 1. The highest BCUT2D eigenvalue weighted by atomic mass is 79.9. The van der Waals surface area contributed by atoms with Gasteiger partial charge in [0.15, 0.2) is 0 Å². The molecule has 3 aromatic rings. The number of fused-ring (bicyclic) bond motifs is 1. The van der Waals surface area contributed by atoms with Crippen LogP contribution in [0, 0.1) is 5.92 Å². The van der Waals surface area contributed by atoms with Gasteiger partial charge in [0.25, 0.3) is 0 Å². The molecule has 0 spiro atoms. The number of aromatic nitrogens is 2. The Bertz CT molecular complexity index is 1230. The van der Waals surface area contributed by atoms with E-state index in [4.69, 9.17) is 19.2 Å². The summed E-state index contributed by atoms with van der Waals surface area (Å²) in [6.45, 7) is 0.693. The van der Waals surface area contributed by atoms with Gasteiger partial charge in [0.2, 0.25) is 17.6 Å². The Morgan fingerprint density at radius 3 is 2.28 bits per heavy atom. The summed E-state index contributed by atoms with van der Waals surface area (Å²) >= 11 is 3.61. The second kappa shape index (κ2) is 13.3. The predicted octanol–water partition coefficient (Wildman–Crippen LogP) is 6.70. The number of nitrogens with zero attached hydrogens (tertiary/aromatic N) is 3. The van der Waals surface area contributed by atoms with E-state index in [1.165, 1.54) is 32.1 Å². The summed E-state index contributed by atoms with van der Waals surface area (Å²) in [6.07, 6.45) is 8.74. The van der Waals surface area contributed by atoms with Gasteiger partial charge in [-0.1, -0.05) is 48.0 Å². The molecule has 1 aliphatic carbocycles. The van der Waals surface area contributed by atoms with Crippen LogP contribution in [0.4, 0.5) is 0 Å². The average Bonchev–Trinajstić information content (AvgIpc) is 2.95. The lowest BCUT2D eigenvalue weighted by Gasteiger charge is -2.39. The summed E-state index contributed by atoms with van der Waals surface area (Å²) in [4.78, 5) is 11.4. The van der Waals surface area contributed by atoms with E-state index in [1.54, 1.807) is 21.3 Å². The zero-order valence-corrected chi connectivity index (χ0v) is 25.5. The lowest BCUT2D eigenvalue weighted by atomic mass is 9.71. The first kappa shape index (κ1) is 29.6. The molecular weight excluding hydrogens is 558 g/mol. The number of halogens is 1. The largest absolute Gasteiger partial charge is 0.481 e. The van der Waals surface area contributed by atoms with Crippen molar-refractivity contribution in [1.82, 2.24) is 14.9 Å². The molecule has 0 bridgehead atoms. The fourth-order valence-electron chi connectivity index (χ4n) is 5.94. The van der Waals surface area contributed by atoms with Crippen LogP contribution in [0.2, 0.25) is 0 Å². The highest BCUT2D eigenvalue weighted by molar-refractivity contribution is 9.10. The molecular formula is C31H42BrN3O4. The Labute approximate surface area is 241 Å². The molecule has 2 aromatic heterocycles. The maximum Gasteiger partial charge on any atom is 0.217 e. The van der Waals surface area contributed by atoms with Gasteiger partial charge in [-0.25, -0.2) is 4.98 Å². The molecule has 1 fully saturated rings. The van der Waals surface area contributed by atoms with Crippen molar-refractivity contribution >= 4 is 26.8 Å². The Balaban J connectivity index is 1.90. The van der Waals surface area contributed by atoms with Crippen LogP contribution in [0.5, 0.6) is 17.6 Å². The first-order chi connectivity index (χ1) is 18.8. The van der Waals surface area contributed by atoms with Gasteiger partial charge in [0.05, 0.1) is 32.4 Å². The van der Waals surface area contributed by atoms with Gasteiger partial charge in [0, 0.05) is 40.0 Å². The van der Waals surface area contributed by atoms with Crippen molar-refractivity contribution in [2.75, 3.05) is 42.0 Å². The molecule has 0 radical (unpaired) electrons. The first-order valence-corrected chi connectivity index (χ1v) is 14.7. The van der Waals surface area contributed by atoms with Crippen molar-refractivity contribution in [2.45, 2.75) is 62.9 Å². The van der Waals surface area contributed by atoms with Crippen LogP contribution < -0.4 is 14.2 Å². The summed E-state index contributed by atoms with van der Waals surface area (Å²) in [6, 6.07) is 11.9. The second-order valence-electron chi connectivity index (χ2n) is 11.0. The Hall–Kier alpha value is -2.42. The highest BCUT2D eigenvalue weighted by Crippen LogP contribution is 2.48. The second-order valence-corrected chi connectivity index (χ2v) is 11.9. The molecule has 4 rings (SSSR count). The van der Waals surface area contributed by atoms with Crippen LogP contribution in [-0.4, -0.2) is 61.9 Å². The van der Waals surface area contributed by atoms with Gasteiger partial charge < -0.3 is 24.2 Å². The van der Waals surface area contributed by atoms with Crippen molar-refractivity contribution in [3.63, 3.8) is 0 Å². The minimum absolute atomic E-state index is 0.276. The van der Waals surface area contributed by atoms with Gasteiger partial charge in [-0.15, -0.1) is 0 Å². The molecule has 1 N–H and O–H groups in total. The number of methoxy groups -OCH3 is 3. The minimum Gasteiger partial charge on any atom is -0.481 e. The van der Waals surface area contributed by atoms with Crippen LogP contribution in [0.1, 0.15) is 68.4 Å². The molecule has 0 aliphatic heterocycles. The Morgan fingerprint density at radius 1 is 0.974 bits per heavy atom. The fourth-order valence-corrected chi connectivity index (χ4v) is 6.32. The smallest absolute Gasteiger partial charge is 0.217 e. The minimum atomic E-state index is -1.25. The van der Waals surface area contributed by atoms with E-state index in [-0.39, 0.29) is 5.92 Å². The monoisotopic (exact) mass is 599 g/mol. The molecule has 2 unspecified atom stereocenters. The third-order valence-electron chi connectivity index (χ3n) is 8.14. The fraction of sp³-hybridized carbons (Fsp3) is 0.548. The normalized spacial score (nSPS) is 16.7. The van der Waals surface area contributed by atoms with Crippen molar-refractivity contribution in [3.8, 4) is 17.6 Å². The number of aliphatic hydroxyl groups is 1. The third kappa shape index (κ3) is 7.02. The maximum atomic E-state index is 12.9. The number of pyridine rings is 2. The number of rotatable bonds is 12. The summed E-state index contributed by atoms with van der Waals surface area (Å²) in [5, 5.41) is 13.9. The zero-order chi connectivity index (χ0) is 28.0. The standard InChI is InChI=1S/C31H42BrN3O4/c1-35(2)16-15-31(36,23-19-28(37-3)34-29(20-23)38-4)26(13-11-21-9-7-6-8-10-21)25-18-22-17-24(32)12-14-27(22)33-30(25)39-5/h12,14,17-21,26,36H,6-11,13,15-16H2,1-5H3. The van der Waals surface area contributed by atoms with Crippen molar-refractivity contribution < 1.29 is 19.3 Å². The maximum absolute atomic E-state index is 12.9. The van der Waals surface area contributed by atoms with Crippen LogP contribution >= 0.6 is 15.9 Å². The van der Waals surface area contributed by atoms with Crippen molar-refractivity contribution in [1.29, 1.82) is 0 Å². The topological polar surface area (TPSA) is 76.9 Å². The van der Waals surface area contributed by atoms with Crippen LogP contribution in [-0.2, 0) is 5.60 Å². The molecule has 0 amide bonds. The quantitative estimate of drug-likeness (QED) is 0.248. The van der Waals surface area contributed by atoms with E-state index in [2.05, 4.69) is 37.9 Å². The van der Waals surface area contributed by atoms with E-state index in [0.29, 0.717) is 36.5 Å². The molecule has 8 heteroatoms. The van der Waals surface area contributed by atoms with E-state index in [1.807, 2.05) is 38.4 Å². The summed E-state index contributed by atoms with van der Waals surface area (Å²) in [5.74, 6) is 1.75. The molecule has 212 valence electrons. The number of hydrogen-bond donors (Lipinski definition) is 1. The van der Waals surface area contributed by atoms with Gasteiger partial charge in [-0.2, -0.15) is 4.98 Å². The number of hydrogen-bond acceptors (Lipinski definition) is 7. The lowest BCUT2D eigenvalue weighted by molar-refractivity contribution is -0.0131. The third-order valence-corrected chi connectivity index (χ3v) is 8.63. The van der Waals surface area contributed by atoms with Gasteiger partial charge >= 0.3 is 0 Å².